The number of rotatable bonds is 2. The highest BCUT2D eigenvalue weighted by Gasteiger charge is 2.44. The Morgan fingerprint density at radius 1 is 1.29 bits per heavy atom. The van der Waals surface area contributed by atoms with Crippen LogP contribution in [0.3, 0.4) is 0 Å². The van der Waals surface area contributed by atoms with Gasteiger partial charge in [-0.15, -0.1) is 0 Å². The van der Waals surface area contributed by atoms with Gasteiger partial charge in [-0.3, -0.25) is 9.59 Å². The maximum absolute atomic E-state index is 13.1. The van der Waals surface area contributed by atoms with E-state index in [1.807, 2.05) is 0 Å². The third-order valence-corrected chi connectivity index (χ3v) is 4.69. The molecule has 3 rings (SSSR count). The average molecular weight is 290 g/mol. The van der Waals surface area contributed by atoms with E-state index in [9.17, 15) is 14.0 Å². The number of hydrogen-bond donors (Lipinski definition) is 1. The number of benzene rings is 1. The highest BCUT2D eigenvalue weighted by atomic mass is 19.1. The predicted molar refractivity (Wildman–Crippen MR) is 76.0 cm³/mol. The van der Waals surface area contributed by atoms with E-state index in [0.717, 1.165) is 25.8 Å². The van der Waals surface area contributed by atoms with E-state index >= 15 is 0 Å². The first kappa shape index (κ1) is 14.0. The van der Waals surface area contributed by atoms with Crippen molar-refractivity contribution >= 4 is 11.8 Å². The van der Waals surface area contributed by atoms with E-state index in [4.69, 9.17) is 0 Å². The second-order valence-electron chi connectivity index (χ2n) is 5.97. The molecule has 2 amide bonds. The van der Waals surface area contributed by atoms with E-state index in [2.05, 4.69) is 5.32 Å². The lowest BCUT2D eigenvalue weighted by Crippen LogP contribution is -2.46. The van der Waals surface area contributed by atoms with E-state index in [1.54, 1.807) is 17.0 Å². The Morgan fingerprint density at radius 2 is 2.05 bits per heavy atom. The Kier molecular flexibility index (Phi) is 3.66. The minimum atomic E-state index is -0.319. The van der Waals surface area contributed by atoms with Crippen molar-refractivity contribution in [3.63, 3.8) is 0 Å². The normalized spacial score (nSPS) is 20.6. The zero-order chi connectivity index (χ0) is 14.9. The molecule has 112 valence electrons. The van der Waals surface area contributed by atoms with Crippen molar-refractivity contribution in [2.75, 3.05) is 19.6 Å². The van der Waals surface area contributed by atoms with Crippen LogP contribution in [0.4, 0.5) is 4.39 Å². The van der Waals surface area contributed by atoms with Crippen molar-refractivity contribution < 1.29 is 14.0 Å². The first-order valence-corrected chi connectivity index (χ1v) is 7.40. The zero-order valence-electron chi connectivity index (χ0n) is 11.9. The van der Waals surface area contributed by atoms with Gasteiger partial charge in [-0.1, -0.05) is 12.1 Å². The van der Waals surface area contributed by atoms with Crippen LogP contribution < -0.4 is 5.32 Å². The molecule has 4 nitrogen and oxygen atoms in total. The van der Waals surface area contributed by atoms with E-state index in [1.165, 1.54) is 12.1 Å². The van der Waals surface area contributed by atoms with Gasteiger partial charge in [0.25, 0.3) is 0 Å². The Hall–Kier alpha value is -1.91. The summed E-state index contributed by atoms with van der Waals surface area (Å²) in [5.74, 6) is -0.172. The maximum atomic E-state index is 13.1. The molecule has 0 radical (unpaired) electrons. The second-order valence-corrected chi connectivity index (χ2v) is 5.97. The summed E-state index contributed by atoms with van der Waals surface area (Å²) in [5, 5.41) is 2.89. The Bertz CT molecular complexity index is 565. The maximum Gasteiger partial charge on any atom is 0.226 e. The summed E-state index contributed by atoms with van der Waals surface area (Å²) in [7, 11) is 0. The van der Waals surface area contributed by atoms with Crippen LogP contribution in [0.25, 0.3) is 0 Å². The first-order valence-electron chi connectivity index (χ1n) is 7.40. The van der Waals surface area contributed by atoms with Crippen LogP contribution in [0.5, 0.6) is 0 Å². The third-order valence-electron chi connectivity index (χ3n) is 4.69. The molecule has 0 aliphatic carbocycles. The van der Waals surface area contributed by atoms with E-state index in [-0.39, 0.29) is 29.5 Å². The summed E-state index contributed by atoms with van der Waals surface area (Å²) in [6.07, 6.45) is 2.55. The second kappa shape index (κ2) is 5.47. The zero-order valence-corrected chi connectivity index (χ0v) is 11.9. The molecule has 1 spiro atoms. The number of amides is 2. The highest BCUT2D eigenvalue weighted by molar-refractivity contribution is 5.85. The van der Waals surface area contributed by atoms with Crippen LogP contribution >= 0.6 is 0 Å². The molecule has 2 heterocycles. The number of carbonyl (C=O) groups excluding carboxylic acids is 2. The first-order chi connectivity index (χ1) is 10.1. The van der Waals surface area contributed by atoms with Crippen molar-refractivity contribution in [2.24, 2.45) is 5.41 Å². The molecular formula is C16H19FN2O2. The minimum absolute atomic E-state index is 0.00820. The van der Waals surface area contributed by atoms with Gasteiger partial charge in [-0.05, 0) is 37.0 Å². The molecule has 2 fully saturated rings. The molecular weight excluding hydrogens is 271 g/mol. The third kappa shape index (κ3) is 2.77. The van der Waals surface area contributed by atoms with Gasteiger partial charge >= 0.3 is 0 Å². The summed E-state index contributed by atoms with van der Waals surface area (Å²) < 4.78 is 13.1. The Morgan fingerprint density at radius 3 is 2.67 bits per heavy atom. The molecule has 0 saturated carbocycles. The van der Waals surface area contributed by atoms with Gasteiger partial charge in [0.1, 0.15) is 5.82 Å². The van der Waals surface area contributed by atoms with E-state index in [0.29, 0.717) is 18.7 Å². The number of nitrogens with zero attached hydrogens (tertiary/aromatic N) is 1. The quantitative estimate of drug-likeness (QED) is 0.897. The standard InChI is InChI=1S/C16H19FN2O2/c17-13-3-1-2-12(10-13)11-14(20)19-8-5-16(6-9-19)4-7-18-15(16)21/h1-3,10H,4-9,11H2,(H,18,21). The van der Waals surface area contributed by atoms with Crippen LogP contribution in [-0.2, 0) is 16.0 Å². The van der Waals surface area contributed by atoms with Gasteiger partial charge in [0.05, 0.1) is 11.8 Å². The molecule has 1 aromatic rings. The monoisotopic (exact) mass is 290 g/mol. The van der Waals surface area contributed by atoms with Gasteiger partial charge in [-0.2, -0.15) is 0 Å². The molecule has 0 bridgehead atoms. The fourth-order valence-corrected chi connectivity index (χ4v) is 3.31. The molecule has 0 aromatic heterocycles. The molecule has 5 heteroatoms. The Balaban J connectivity index is 1.59. The summed E-state index contributed by atoms with van der Waals surface area (Å²) >= 11 is 0. The molecule has 2 aliphatic heterocycles. The lowest BCUT2D eigenvalue weighted by molar-refractivity contribution is -0.137. The van der Waals surface area contributed by atoms with Crippen molar-refractivity contribution in [2.45, 2.75) is 25.7 Å². The van der Waals surface area contributed by atoms with Crippen molar-refractivity contribution in [1.82, 2.24) is 10.2 Å². The van der Waals surface area contributed by atoms with Gasteiger partial charge in [0.2, 0.25) is 11.8 Å². The number of hydrogen-bond acceptors (Lipinski definition) is 2. The number of carbonyl (C=O) groups is 2. The van der Waals surface area contributed by atoms with Crippen LogP contribution in [0.1, 0.15) is 24.8 Å². The fourth-order valence-electron chi connectivity index (χ4n) is 3.31. The van der Waals surface area contributed by atoms with Gasteiger partial charge in [0.15, 0.2) is 0 Å². The smallest absolute Gasteiger partial charge is 0.226 e. The number of halogens is 1. The van der Waals surface area contributed by atoms with Crippen LogP contribution in [-0.4, -0.2) is 36.3 Å². The molecule has 2 aliphatic rings. The van der Waals surface area contributed by atoms with Gasteiger partial charge < -0.3 is 10.2 Å². The highest BCUT2D eigenvalue weighted by Crippen LogP contribution is 2.38. The van der Waals surface area contributed by atoms with Gasteiger partial charge in [0, 0.05) is 19.6 Å². The molecule has 1 N–H and O–H groups in total. The minimum Gasteiger partial charge on any atom is -0.356 e. The van der Waals surface area contributed by atoms with Crippen molar-refractivity contribution in [1.29, 1.82) is 0 Å². The Labute approximate surface area is 123 Å². The molecule has 0 atom stereocenters. The molecule has 21 heavy (non-hydrogen) atoms. The number of nitrogens with one attached hydrogen (secondary N) is 1. The van der Waals surface area contributed by atoms with Crippen LogP contribution in [0.15, 0.2) is 24.3 Å². The average Bonchev–Trinajstić information content (AvgIpc) is 2.81. The summed E-state index contributed by atoms with van der Waals surface area (Å²) in [4.78, 5) is 26.0. The summed E-state index contributed by atoms with van der Waals surface area (Å²) in [5.41, 5.74) is 0.439. The summed E-state index contributed by atoms with van der Waals surface area (Å²) in [6, 6.07) is 6.15. The SMILES string of the molecule is O=C(Cc1cccc(F)c1)N1CCC2(CCNC2=O)CC1. The van der Waals surface area contributed by atoms with Gasteiger partial charge in [-0.25, -0.2) is 4.39 Å². The van der Waals surface area contributed by atoms with Crippen molar-refractivity contribution in [3.8, 4) is 0 Å². The van der Waals surface area contributed by atoms with Crippen LogP contribution in [0, 0.1) is 11.2 Å². The molecule has 1 aromatic carbocycles. The lowest BCUT2D eigenvalue weighted by atomic mass is 9.77. The van der Waals surface area contributed by atoms with Crippen LogP contribution in [0.2, 0.25) is 0 Å². The fraction of sp³-hybridized carbons (Fsp3) is 0.500. The molecule has 0 unspecified atom stereocenters. The topological polar surface area (TPSA) is 49.4 Å². The number of likely N-dealkylation sites (tertiary alicyclic amines) is 1. The van der Waals surface area contributed by atoms with E-state index < -0.39 is 0 Å². The number of piperidine rings is 1. The lowest BCUT2D eigenvalue weighted by Gasteiger charge is -2.37. The molecule has 2 saturated heterocycles. The summed E-state index contributed by atoms with van der Waals surface area (Å²) in [6.45, 7) is 1.97. The largest absolute Gasteiger partial charge is 0.356 e. The predicted octanol–water partition coefficient (Wildman–Crippen LogP) is 1.50. The van der Waals surface area contributed by atoms with Crippen molar-refractivity contribution in [3.05, 3.63) is 35.6 Å².